The number of ketones is 1. The summed E-state index contributed by atoms with van der Waals surface area (Å²) in [5.41, 5.74) is 0.512. The fraction of sp³-hybridized carbons (Fsp3) is 0.545. The van der Waals surface area contributed by atoms with Crippen LogP contribution in [0.2, 0.25) is 0 Å². The molecule has 0 unspecified atom stereocenters. The van der Waals surface area contributed by atoms with Gasteiger partial charge >= 0.3 is 0 Å². The zero-order valence-electron chi connectivity index (χ0n) is 9.09. The monoisotopic (exact) mass is 212 g/mol. The molecule has 0 atom stereocenters. The van der Waals surface area contributed by atoms with E-state index in [9.17, 15) is 4.79 Å². The molecule has 0 saturated carbocycles. The van der Waals surface area contributed by atoms with E-state index < -0.39 is 0 Å². The summed E-state index contributed by atoms with van der Waals surface area (Å²) in [6.07, 6.45) is 0. The van der Waals surface area contributed by atoms with Gasteiger partial charge in [0.1, 0.15) is 6.61 Å². The van der Waals surface area contributed by atoms with E-state index in [0.717, 1.165) is 10.4 Å². The molecule has 78 valence electrons. The van der Waals surface area contributed by atoms with Gasteiger partial charge in [-0.25, -0.2) is 0 Å². The Morgan fingerprint density at radius 2 is 2.14 bits per heavy atom. The van der Waals surface area contributed by atoms with Gasteiger partial charge in [0.15, 0.2) is 5.78 Å². The molecule has 0 aliphatic carbocycles. The van der Waals surface area contributed by atoms with Gasteiger partial charge in [-0.05, 0) is 33.8 Å². The average Bonchev–Trinajstić information content (AvgIpc) is 2.46. The van der Waals surface area contributed by atoms with Crippen molar-refractivity contribution in [2.75, 3.05) is 6.61 Å². The summed E-state index contributed by atoms with van der Waals surface area (Å²) in [4.78, 5) is 12.7. The van der Waals surface area contributed by atoms with Crippen LogP contribution < -0.4 is 0 Å². The SMILES string of the molecule is Cc1cc(C(=O)COC(C)(C)C)cs1. The zero-order valence-corrected chi connectivity index (χ0v) is 9.90. The molecule has 1 heterocycles. The summed E-state index contributed by atoms with van der Waals surface area (Å²) in [7, 11) is 0. The van der Waals surface area contributed by atoms with Crippen molar-refractivity contribution in [3.8, 4) is 0 Å². The van der Waals surface area contributed by atoms with Crippen molar-refractivity contribution in [2.45, 2.75) is 33.3 Å². The van der Waals surface area contributed by atoms with Crippen LogP contribution in [0.3, 0.4) is 0 Å². The highest BCUT2D eigenvalue weighted by Gasteiger charge is 2.14. The number of thiophene rings is 1. The van der Waals surface area contributed by atoms with Crippen molar-refractivity contribution in [2.24, 2.45) is 0 Å². The first-order valence-electron chi connectivity index (χ1n) is 4.61. The Labute approximate surface area is 88.9 Å². The predicted molar refractivity (Wildman–Crippen MR) is 59.1 cm³/mol. The molecule has 3 heteroatoms. The number of Topliss-reactive ketones (excluding diaryl/α,β-unsaturated/α-hetero) is 1. The van der Waals surface area contributed by atoms with Gasteiger partial charge in [-0.2, -0.15) is 0 Å². The molecule has 0 spiro atoms. The number of carbonyl (C=O) groups is 1. The molecule has 1 aromatic rings. The summed E-state index contributed by atoms with van der Waals surface area (Å²) >= 11 is 1.59. The fourth-order valence-electron chi connectivity index (χ4n) is 0.955. The van der Waals surface area contributed by atoms with Crippen molar-refractivity contribution in [3.05, 3.63) is 21.9 Å². The highest BCUT2D eigenvalue weighted by Crippen LogP contribution is 2.15. The van der Waals surface area contributed by atoms with Crippen LogP contribution >= 0.6 is 11.3 Å². The van der Waals surface area contributed by atoms with Crippen LogP contribution in [0.1, 0.15) is 36.0 Å². The van der Waals surface area contributed by atoms with Crippen LogP contribution in [0.15, 0.2) is 11.4 Å². The van der Waals surface area contributed by atoms with Crippen LogP contribution in [-0.2, 0) is 4.74 Å². The molecular formula is C11H16O2S. The van der Waals surface area contributed by atoms with E-state index in [4.69, 9.17) is 4.74 Å². The van der Waals surface area contributed by atoms with E-state index in [1.54, 1.807) is 11.3 Å². The summed E-state index contributed by atoms with van der Waals surface area (Å²) < 4.78 is 5.41. The van der Waals surface area contributed by atoms with Crippen molar-refractivity contribution < 1.29 is 9.53 Å². The zero-order chi connectivity index (χ0) is 10.8. The molecule has 0 aromatic carbocycles. The van der Waals surface area contributed by atoms with Crippen molar-refractivity contribution in [3.63, 3.8) is 0 Å². The van der Waals surface area contributed by atoms with Crippen LogP contribution in [0.5, 0.6) is 0 Å². The molecule has 0 saturated heterocycles. The van der Waals surface area contributed by atoms with Crippen molar-refractivity contribution in [1.29, 1.82) is 0 Å². The highest BCUT2D eigenvalue weighted by atomic mass is 32.1. The smallest absolute Gasteiger partial charge is 0.189 e. The normalized spacial score (nSPS) is 11.7. The van der Waals surface area contributed by atoms with E-state index in [2.05, 4.69) is 0 Å². The Morgan fingerprint density at radius 1 is 1.50 bits per heavy atom. The molecule has 0 amide bonds. The van der Waals surface area contributed by atoms with E-state index in [1.807, 2.05) is 39.1 Å². The minimum atomic E-state index is -0.249. The van der Waals surface area contributed by atoms with Gasteiger partial charge in [-0.15, -0.1) is 11.3 Å². The number of carbonyl (C=O) groups excluding carboxylic acids is 1. The quantitative estimate of drug-likeness (QED) is 0.720. The predicted octanol–water partition coefficient (Wildman–Crippen LogP) is 3.05. The maximum atomic E-state index is 11.6. The number of ether oxygens (including phenoxy) is 1. The lowest BCUT2D eigenvalue weighted by Crippen LogP contribution is -2.23. The van der Waals surface area contributed by atoms with Gasteiger partial charge in [-0.3, -0.25) is 4.79 Å². The lowest BCUT2D eigenvalue weighted by atomic mass is 10.2. The molecule has 0 fully saturated rings. The Morgan fingerprint density at radius 3 is 2.57 bits per heavy atom. The van der Waals surface area contributed by atoms with Crippen LogP contribution in [-0.4, -0.2) is 18.0 Å². The topological polar surface area (TPSA) is 26.3 Å². The third-order valence-corrected chi connectivity index (χ3v) is 2.55. The third-order valence-electron chi connectivity index (χ3n) is 1.69. The molecule has 14 heavy (non-hydrogen) atoms. The van der Waals surface area contributed by atoms with Gasteiger partial charge < -0.3 is 4.74 Å². The van der Waals surface area contributed by atoms with E-state index in [0.29, 0.717) is 0 Å². The largest absolute Gasteiger partial charge is 0.368 e. The van der Waals surface area contributed by atoms with Crippen LogP contribution in [0, 0.1) is 6.92 Å². The second-order valence-electron chi connectivity index (χ2n) is 4.27. The maximum absolute atomic E-state index is 11.6. The number of hydrogen-bond donors (Lipinski definition) is 0. The maximum Gasteiger partial charge on any atom is 0.189 e. The first kappa shape index (κ1) is 11.4. The van der Waals surface area contributed by atoms with Crippen molar-refractivity contribution in [1.82, 2.24) is 0 Å². The molecule has 0 N–H and O–H groups in total. The molecule has 0 aliphatic heterocycles. The lowest BCUT2D eigenvalue weighted by Gasteiger charge is -2.18. The Balaban J connectivity index is 2.52. The Hall–Kier alpha value is -0.670. The van der Waals surface area contributed by atoms with Crippen LogP contribution in [0.25, 0.3) is 0 Å². The highest BCUT2D eigenvalue weighted by molar-refractivity contribution is 7.10. The van der Waals surface area contributed by atoms with Gasteiger partial charge in [0.25, 0.3) is 0 Å². The molecule has 0 aliphatic rings. The number of aryl methyl sites for hydroxylation is 1. The molecule has 2 nitrogen and oxygen atoms in total. The Bertz CT molecular complexity index is 320. The summed E-state index contributed by atoms with van der Waals surface area (Å²) in [5.74, 6) is 0.0595. The molecular weight excluding hydrogens is 196 g/mol. The van der Waals surface area contributed by atoms with E-state index in [1.165, 1.54) is 0 Å². The standard InChI is InChI=1S/C11H16O2S/c1-8-5-9(7-14-8)10(12)6-13-11(2,3)4/h5,7H,6H2,1-4H3. The minimum Gasteiger partial charge on any atom is -0.368 e. The third kappa shape index (κ3) is 3.60. The first-order valence-corrected chi connectivity index (χ1v) is 5.49. The first-order chi connectivity index (χ1) is 6.38. The van der Waals surface area contributed by atoms with Gasteiger partial charge in [-0.1, -0.05) is 0 Å². The summed E-state index contributed by atoms with van der Waals surface area (Å²) in [6, 6.07) is 1.90. The average molecular weight is 212 g/mol. The van der Waals surface area contributed by atoms with E-state index in [-0.39, 0.29) is 18.0 Å². The summed E-state index contributed by atoms with van der Waals surface area (Å²) in [6.45, 7) is 7.99. The number of hydrogen-bond acceptors (Lipinski definition) is 3. The van der Waals surface area contributed by atoms with Crippen LogP contribution in [0.4, 0.5) is 0 Å². The molecule has 0 radical (unpaired) electrons. The molecule has 0 bridgehead atoms. The van der Waals surface area contributed by atoms with E-state index >= 15 is 0 Å². The second-order valence-corrected chi connectivity index (χ2v) is 5.39. The van der Waals surface area contributed by atoms with Gasteiger partial charge in [0.05, 0.1) is 5.60 Å². The second kappa shape index (κ2) is 4.24. The molecule has 1 aromatic heterocycles. The Kier molecular flexibility index (Phi) is 3.45. The number of rotatable bonds is 3. The lowest BCUT2D eigenvalue weighted by molar-refractivity contribution is 0.00308. The minimum absolute atomic E-state index is 0.0595. The van der Waals surface area contributed by atoms with Gasteiger partial charge in [0.2, 0.25) is 0 Å². The fourth-order valence-corrected chi connectivity index (χ4v) is 1.66. The summed E-state index contributed by atoms with van der Waals surface area (Å²) in [5, 5.41) is 1.88. The van der Waals surface area contributed by atoms with Crippen molar-refractivity contribution >= 4 is 17.1 Å². The van der Waals surface area contributed by atoms with Gasteiger partial charge in [0, 0.05) is 15.8 Å². The molecule has 1 rings (SSSR count).